The summed E-state index contributed by atoms with van der Waals surface area (Å²) >= 11 is 20.5. The van der Waals surface area contributed by atoms with Gasteiger partial charge in [0.2, 0.25) is 0 Å². The second-order valence-corrected chi connectivity index (χ2v) is 6.65. The molecule has 26 heavy (non-hydrogen) atoms. The van der Waals surface area contributed by atoms with Crippen molar-refractivity contribution in [3.63, 3.8) is 0 Å². The molecule has 0 radical (unpaired) electrons. The molecule has 0 saturated carbocycles. The second kappa shape index (κ2) is 7.44. The molecule has 0 unspecified atom stereocenters. The van der Waals surface area contributed by atoms with Gasteiger partial charge >= 0.3 is 0 Å². The van der Waals surface area contributed by atoms with Gasteiger partial charge < -0.3 is 0 Å². The average molecular weight is 471 g/mol. The molecule has 0 aromatic carbocycles. The predicted octanol–water partition coefficient (Wildman–Crippen LogP) is 3.92. The van der Waals surface area contributed by atoms with E-state index in [9.17, 15) is 0 Å². The molecule has 0 atom stereocenters. The van der Waals surface area contributed by atoms with Gasteiger partial charge in [-0.05, 0) is 28.1 Å². The summed E-state index contributed by atoms with van der Waals surface area (Å²) in [4.78, 5) is 7.92. The highest BCUT2D eigenvalue weighted by Gasteiger charge is 2.09. The van der Waals surface area contributed by atoms with Gasteiger partial charge in [-0.25, -0.2) is 19.0 Å². The molecule has 4 heterocycles. The molecule has 0 N–H and O–H groups in total. The minimum atomic E-state index is 0.229. The Morgan fingerprint density at radius 1 is 0.846 bits per heavy atom. The van der Waals surface area contributed by atoms with Crippen molar-refractivity contribution in [2.24, 2.45) is 0 Å². The number of hydrogen-bond donors (Lipinski definition) is 0. The minimum absolute atomic E-state index is 0.229. The van der Waals surface area contributed by atoms with Gasteiger partial charge in [0, 0.05) is 0 Å². The number of hydrogen-bond acceptors (Lipinski definition) is 6. The number of nitrogens with zero attached hydrogens (tertiary/aromatic N) is 8. The van der Waals surface area contributed by atoms with Crippen molar-refractivity contribution >= 4 is 62.0 Å². The third-order valence-corrected chi connectivity index (χ3v) is 4.25. The first-order valence-electron chi connectivity index (χ1n) is 6.64. The molecule has 0 fully saturated rings. The van der Waals surface area contributed by atoms with Crippen LogP contribution in [0.2, 0.25) is 15.3 Å². The average Bonchev–Trinajstić information content (AvgIpc) is 3.19. The monoisotopic (exact) mass is 468 g/mol. The maximum absolute atomic E-state index is 8.70. The van der Waals surface area contributed by atoms with Gasteiger partial charge in [-0.15, -0.1) is 0 Å². The molecule has 0 aliphatic heterocycles. The molecule has 4 rings (SSSR count). The third-order valence-electron chi connectivity index (χ3n) is 3.01. The van der Waals surface area contributed by atoms with Crippen LogP contribution in [0.15, 0.2) is 29.0 Å². The number of aromatic nitrogens is 6. The Hall–Kier alpha value is -2.43. The summed E-state index contributed by atoms with van der Waals surface area (Å²) in [6, 6.07) is 7.00. The van der Waals surface area contributed by atoms with E-state index in [-0.39, 0.29) is 5.15 Å². The molecular weight excluding hydrogens is 466 g/mol. The first-order chi connectivity index (χ1) is 12.4. The molecular formula is C14H4BrCl3N8. The largest absolute Gasteiger partial charge is 0.233 e. The van der Waals surface area contributed by atoms with E-state index in [0.29, 0.717) is 37.3 Å². The maximum Gasteiger partial charge on any atom is 0.173 e. The van der Waals surface area contributed by atoms with Crippen molar-refractivity contribution in [1.29, 1.82) is 10.5 Å². The highest BCUT2D eigenvalue weighted by molar-refractivity contribution is 9.10. The van der Waals surface area contributed by atoms with Gasteiger partial charge in [0.15, 0.2) is 33.0 Å². The summed E-state index contributed by atoms with van der Waals surface area (Å²) in [5.74, 6) is 0. The Kier molecular flexibility index (Phi) is 5.25. The van der Waals surface area contributed by atoms with Crippen LogP contribution in [-0.4, -0.2) is 29.2 Å². The molecule has 12 heteroatoms. The van der Waals surface area contributed by atoms with Gasteiger partial charge in [0.05, 0.1) is 21.9 Å². The molecule has 8 nitrogen and oxygen atoms in total. The maximum atomic E-state index is 8.70. The normalized spacial score (nSPS) is 10.2. The van der Waals surface area contributed by atoms with E-state index >= 15 is 0 Å². The smallest absolute Gasteiger partial charge is 0.173 e. The van der Waals surface area contributed by atoms with Crippen LogP contribution in [0.25, 0.3) is 11.3 Å². The molecule has 0 aliphatic rings. The number of fused-ring (bicyclic) bond motifs is 2. The molecule has 0 spiro atoms. The van der Waals surface area contributed by atoms with E-state index in [4.69, 9.17) is 45.3 Å². The zero-order valence-corrected chi connectivity index (χ0v) is 16.3. The van der Waals surface area contributed by atoms with E-state index in [1.165, 1.54) is 27.5 Å². The van der Waals surface area contributed by atoms with Crippen molar-refractivity contribution in [3.8, 4) is 12.1 Å². The third kappa shape index (κ3) is 3.43. The highest BCUT2D eigenvalue weighted by Crippen LogP contribution is 2.20. The fourth-order valence-corrected chi connectivity index (χ4v) is 3.24. The topological polar surface area (TPSA) is 108 Å². The number of imidazole rings is 2. The number of halogens is 4. The van der Waals surface area contributed by atoms with Crippen LogP contribution in [0.3, 0.4) is 0 Å². The van der Waals surface area contributed by atoms with Crippen molar-refractivity contribution < 1.29 is 0 Å². The second-order valence-electron chi connectivity index (χ2n) is 4.61. The van der Waals surface area contributed by atoms with Crippen LogP contribution in [0, 0.1) is 22.7 Å². The zero-order chi connectivity index (χ0) is 18.8. The van der Waals surface area contributed by atoms with E-state index < -0.39 is 0 Å². The number of nitriles is 2. The van der Waals surface area contributed by atoms with Gasteiger partial charge in [-0.3, -0.25) is 0 Å². The van der Waals surface area contributed by atoms with E-state index in [0.717, 1.165) is 0 Å². The lowest BCUT2D eigenvalue weighted by Gasteiger charge is -1.96. The zero-order valence-electron chi connectivity index (χ0n) is 12.4. The lowest BCUT2D eigenvalue weighted by molar-refractivity contribution is 0.917. The summed E-state index contributed by atoms with van der Waals surface area (Å²) in [6.07, 6.45) is 2.84. The Bertz CT molecular complexity index is 1120. The Balaban J connectivity index is 0.000000151. The molecule has 0 aliphatic carbocycles. The summed E-state index contributed by atoms with van der Waals surface area (Å²) in [5.41, 5.74) is 1.68. The summed E-state index contributed by atoms with van der Waals surface area (Å²) in [7, 11) is 0. The van der Waals surface area contributed by atoms with Crippen molar-refractivity contribution in [2.45, 2.75) is 0 Å². The first-order valence-corrected chi connectivity index (χ1v) is 8.57. The van der Waals surface area contributed by atoms with Crippen LogP contribution >= 0.6 is 50.7 Å². The van der Waals surface area contributed by atoms with E-state index in [1.54, 1.807) is 6.07 Å². The lowest BCUT2D eigenvalue weighted by atomic mass is 10.5. The summed E-state index contributed by atoms with van der Waals surface area (Å²) in [5, 5.41) is 26.1. The Morgan fingerprint density at radius 2 is 1.35 bits per heavy atom. The SMILES string of the molecule is N#Cc1cnc2c(Br)cc(Cl)nn12.N#Cc1cnc2c(Cl)cc(Cl)nn12. The van der Waals surface area contributed by atoms with Gasteiger partial charge in [0.25, 0.3) is 0 Å². The van der Waals surface area contributed by atoms with Crippen LogP contribution < -0.4 is 0 Å². The minimum Gasteiger partial charge on any atom is -0.233 e. The fourth-order valence-electron chi connectivity index (χ4n) is 1.96. The highest BCUT2D eigenvalue weighted by atomic mass is 79.9. The van der Waals surface area contributed by atoms with Crippen LogP contribution in [0.5, 0.6) is 0 Å². The molecule has 0 saturated heterocycles. The fraction of sp³-hybridized carbons (Fsp3) is 0. The van der Waals surface area contributed by atoms with Gasteiger partial charge in [-0.1, -0.05) is 34.8 Å². The van der Waals surface area contributed by atoms with Crippen molar-refractivity contribution in [3.05, 3.63) is 55.7 Å². The lowest BCUT2D eigenvalue weighted by Crippen LogP contribution is -1.95. The van der Waals surface area contributed by atoms with Crippen molar-refractivity contribution in [2.75, 3.05) is 0 Å². The molecule has 4 aromatic rings. The molecule has 0 amide bonds. The molecule has 0 bridgehead atoms. The van der Waals surface area contributed by atoms with Crippen molar-refractivity contribution in [1.82, 2.24) is 29.2 Å². The summed E-state index contributed by atoms with van der Waals surface area (Å²) < 4.78 is 3.42. The van der Waals surface area contributed by atoms with Crippen LogP contribution in [0.4, 0.5) is 0 Å². The van der Waals surface area contributed by atoms with Crippen LogP contribution in [0.1, 0.15) is 11.4 Å². The Labute approximate surface area is 169 Å². The quantitative estimate of drug-likeness (QED) is 0.385. The molecule has 4 aromatic heterocycles. The number of rotatable bonds is 0. The van der Waals surface area contributed by atoms with Gasteiger partial charge in [0.1, 0.15) is 12.1 Å². The van der Waals surface area contributed by atoms with E-state index in [2.05, 4.69) is 36.1 Å². The predicted molar refractivity (Wildman–Crippen MR) is 98.1 cm³/mol. The Morgan fingerprint density at radius 3 is 1.92 bits per heavy atom. The summed E-state index contributed by atoms with van der Waals surface area (Å²) in [6.45, 7) is 0. The van der Waals surface area contributed by atoms with Gasteiger partial charge in [-0.2, -0.15) is 20.7 Å². The molecule has 128 valence electrons. The van der Waals surface area contributed by atoms with Crippen LogP contribution in [-0.2, 0) is 0 Å². The van der Waals surface area contributed by atoms with E-state index in [1.807, 2.05) is 12.1 Å². The first kappa shape index (κ1) is 18.4. The standard InChI is InChI=1S/C7H2BrClN4.C7H2Cl2N4/c2*8-5-1-6(9)12-13-4(2-10)3-11-7(5)13/h2*1,3H.